The van der Waals surface area contributed by atoms with Gasteiger partial charge in [0.05, 0.1) is 11.1 Å². The van der Waals surface area contributed by atoms with Crippen LogP contribution in [0.5, 0.6) is 0 Å². The summed E-state index contributed by atoms with van der Waals surface area (Å²) < 4.78 is 2.19. The number of nitrogens with zero attached hydrogens (tertiary/aromatic N) is 1. The lowest BCUT2D eigenvalue weighted by Gasteiger charge is -2.18. The highest BCUT2D eigenvalue weighted by Gasteiger charge is 2.15. The van der Waals surface area contributed by atoms with Crippen molar-refractivity contribution in [1.82, 2.24) is 0 Å². The molecule has 3 rings (SSSR count). The van der Waals surface area contributed by atoms with Gasteiger partial charge in [-0.15, -0.1) is 0 Å². The molecular formula is C17H23N2+. The van der Waals surface area contributed by atoms with Crippen LogP contribution in [0.2, 0.25) is 0 Å². The van der Waals surface area contributed by atoms with Crippen LogP contribution in [-0.4, -0.2) is 6.04 Å². The lowest BCUT2D eigenvalue weighted by molar-refractivity contribution is -0.644. The van der Waals surface area contributed by atoms with Crippen molar-refractivity contribution in [3.8, 4) is 0 Å². The molecule has 1 aromatic heterocycles. The van der Waals surface area contributed by atoms with Crippen molar-refractivity contribution in [3.05, 3.63) is 36.5 Å². The summed E-state index contributed by atoms with van der Waals surface area (Å²) >= 11 is 0. The Morgan fingerprint density at radius 3 is 2.53 bits per heavy atom. The molecule has 0 unspecified atom stereocenters. The normalized spacial score (nSPS) is 17.3. The van der Waals surface area contributed by atoms with Gasteiger partial charge < -0.3 is 5.32 Å². The van der Waals surface area contributed by atoms with E-state index in [1.165, 1.54) is 55.1 Å². The highest BCUT2D eigenvalue weighted by molar-refractivity contribution is 5.88. The monoisotopic (exact) mass is 255 g/mol. The zero-order chi connectivity index (χ0) is 13.1. The second-order valence-corrected chi connectivity index (χ2v) is 5.69. The van der Waals surface area contributed by atoms with Gasteiger partial charge in [0.15, 0.2) is 6.20 Å². The lowest BCUT2D eigenvalue weighted by atomic mass is 10.1. The number of para-hydroxylation sites is 1. The van der Waals surface area contributed by atoms with Gasteiger partial charge in [0.25, 0.3) is 0 Å². The van der Waals surface area contributed by atoms with Crippen LogP contribution in [0.4, 0.5) is 5.69 Å². The van der Waals surface area contributed by atoms with Crippen LogP contribution < -0.4 is 9.88 Å². The van der Waals surface area contributed by atoms with E-state index in [2.05, 4.69) is 53.5 Å². The fourth-order valence-corrected chi connectivity index (χ4v) is 3.13. The predicted octanol–water partition coefficient (Wildman–Crippen LogP) is 3.80. The minimum atomic E-state index is 0.651. The number of hydrogen-bond donors (Lipinski definition) is 1. The number of aromatic nitrogens is 1. The first kappa shape index (κ1) is 12.5. The number of nitrogens with one attached hydrogen (secondary N) is 1. The van der Waals surface area contributed by atoms with E-state index in [1.807, 2.05) is 0 Å². The molecule has 0 amide bonds. The third kappa shape index (κ3) is 2.73. The molecular weight excluding hydrogens is 232 g/mol. The van der Waals surface area contributed by atoms with Crippen LogP contribution in [0.15, 0.2) is 36.5 Å². The van der Waals surface area contributed by atoms with Gasteiger partial charge in [-0.05, 0) is 18.9 Å². The maximum atomic E-state index is 3.78. The van der Waals surface area contributed by atoms with Crippen LogP contribution in [0.1, 0.15) is 38.5 Å². The van der Waals surface area contributed by atoms with E-state index in [0.717, 1.165) is 0 Å². The topological polar surface area (TPSA) is 15.9 Å². The van der Waals surface area contributed by atoms with Crippen molar-refractivity contribution in [3.63, 3.8) is 0 Å². The first-order valence-corrected chi connectivity index (χ1v) is 7.48. The van der Waals surface area contributed by atoms with Crippen molar-refractivity contribution in [1.29, 1.82) is 0 Å². The second-order valence-electron chi connectivity index (χ2n) is 5.69. The Bertz CT molecular complexity index is 554. The average molecular weight is 255 g/mol. The van der Waals surface area contributed by atoms with Gasteiger partial charge in [0.2, 0.25) is 5.52 Å². The summed E-state index contributed by atoms with van der Waals surface area (Å²) in [4.78, 5) is 0. The molecule has 2 nitrogen and oxygen atoms in total. The molecule has 0 spiro atoms. The number of aryl methyl sites for hydroxylation is 1. The maximum Gasteiger partial charge on any atom is 0.214 e. The highest BCUT2D eigenvalue weighted by atomic mass is 15.0. The van der Waals surface area contributed by atoms with Crippen LogP contribution in [0.25, 0.3) is 10.9 Å². The molecule has 0 radical (unpaired) electrons. The van der Waals surface area contributed by atoms with Crippen LogP contribution in [-0.2, 0) is 7.05 Å². The van der Waals surface area contributed by atoms with Gasteiger partial charge in [-0.1, -0.05) is 37.8 Å². The average Bonchev–Trinajstić information content (AvgIpc) is 2.71. The van der Waals surface area contributed by atoms with Crippen molar-refractivity contribution in [2.24, 2.45) is 7.05 Å². The van der Waals surface area contributed by atoms with E-state index in [9.17, 15) is 0 Å². The van der Waals surface area contributed by atoms with E-state index in [1.54, 1.807) is 0 Å². The SMILES string of the molecule is C[n+]1ccc(NC2CCCCCC2)c2ccccc21. The molecule has 1 fully saturated rings. The number of anilines is 1. The number of benzene rings is 1. The molecule has 1 aliphatic rings. The fourth-order valence-electron chi connectivity index (χ4n) is 3.13. The highest BCUT2D eigenvalue weighted by Crippen LogP contribution is 2.25. The lowest BCUT2D eigenvalue weighted by Crippen LogP contribution is -2.29. The standard InChI is InChI=1S/C17H22N2/c1-19-13-12-16(15-10-6-7-11-17(15)19)18-14-8-4-2-3-5-9-14/h6-7,10-14H,2-5,8-9H2,1H3/p+1. The molecule has 100 valence electrons. The third-order valence-electron chi connectivity index (χ3n) is 4.25. The fraction of sp³-hybridized carbons (Fsp3) is 0.471. The molecule has 2 aromatic rings. The number of fused-ring (bicyclic) bond motifs is 1. The quantitative estimate of drug-likeness (QED) is 0.637. The molecule has 0 atom stereocenters. The van der Waals surface area contributed by atoms with Crippen molar-refractivity contribution >= 4 is 16.6 Å². The van der Waals surface area contributed by atoms with E-state index in [0.29, 0.717) is 6.04 Å². The molecule has 1 N–H and O–H groups in total. The predicted molar refractivity (Wildman–Crippen MR) is 80.2 cm³/mol. The van der Waals surface area contributed by atoms with Gasteiger partial charge in [-0.25, -0.2) is 4.57 Å². The van der Waals surface area contributed by atoms with Gasteiger partial charge in [0, 0.05) is 18.2 Å². The molecule has 1 saturated carbocycles. The third-order valence-corrected chi connectivity index (χ3v) is 4.25. The molecule has 1 heterocycles. The molecule has 0 saturated heterocycles. The summed E-state index contributed by atoms with van der Waals surface area (Å²) in [5, 5.41) is 5.11. The van der Waals surface area contributed by atoms with Crippen LogP contribution >= 0.6 is 0 Å². The molecule has 0 bridgehead atoms. The second kappa shape index (κ2) is 5.60. The zero-order valence-electron chi connectivity index (χ0n) is 11.7. The van der Waals surface area contributed by atoms with Gasteiger partial charge in [0.1, 0.15) is 7.05 Å². The molecule has 2 heteroatoms. The smallest absolute Gasteiger partial charge is 0.214 e. The van der Waals surface area contributed by atoms with Crippen molar-refractivity contribution in [2.45, 2.75) is 44.6 Å². The largest absolute Gasteiger partial charge is 0.381 e. The number of pyridine rings is 1. The van der Waals surface area contributed by atoms with Crippen molar-refractivity contribution in [2.75, 3.05) is 5.32 Å². The summed E-state index contributed by atoms with van der Waals surface area (Å²) in [6.45, 7) is 0. The first-order chi connectivity index (χ1) is 9.34. The Labute approximate surface area is 115 Å². The Kier molecular flexibility index (Phi) is 3.67. The Morgan fingerprint density at radius 1 is 1.00 bits per heavy atom. The minimum absolute atomic E-state index is 0.651. The van der Waals surface area contributed by atoms with E-state index >= 15 is 0 Å². The molecule has 1 aromatic carbocycles. The van der Waals surface area contributed by atoms with Crippen LogP contribution in [0, 0.1) is 0 Å². The Balaban J connectivity index is 1.90. The maximum absolute atomic E-state index is 3.78. The van der Waals surface area contributed by atoms with Crippen molar-refractivity contribution < 1.29 is 4.57 Å². The summed E-state index contributed by atoms with van der Waals surface area (Å²) in [5.41, 5.74) is 2.58. The van der Waals surface area contributed by atoms with Gasteiger partial charge in [-0.2, -0.15) is 0 Å². The molecule has 0 aliphatic heterocycles. The van der Waals surface area contributed by atoms with Crippen LogP contribution in [0.3, 0.4) is 0 Å². The molecule has 19 heavy (non-hydrogen) atoms. The van der Waals surface area contributed by atoms with Gasteiger partial charge in [-0.3, -0.25) is 0 Å². The first-order valence-electron chi connectivity index (χ1n) is 7.48. The zero-order valence-corrected chi connectivity index (χ0v) is 11.7. The summed E-state index contributed by atoms with van der Waals surface area (Å²) in [7, 11) is 2.11. The number of hydrogen-bond acceptors (Lipinski definition) is 1. The Hall–Kier alpha value is -1.57. The molecule has 1 aliphatic carbocycles. The Morgan fingerprint density at radius 2 is 1.74 bits per heavy atom. The summed E-state index contributed by atoms with van der Waals surface area (Å²) in [6, 6.07) is 11.5. The summed E-state index contributed by atoms with van der Waals surface area (Å²) in [5.74, 6) is 0. The van der Waals surface area contributed by atoms with E-state index in [-0.39, 0.29) is 0 Å². The summed E-state index contributed by atoms with van der Waals surface area (Å²) in [6.07, 6.45) is 10.3. The van der Waals surface area contributed by atoms with E-state index in [4.69, 9.17) is 0 Å². The minimum Gasteiger partial charge on any atom is -0.381 e. The van der Waals surface area contributed by atoms with Gasteiger partial charge >= 0.3 is 0 Å². The van der Waals surface area contributed by atoms with E-state index < -0.39 is 0 Å². The number of rotatable bonds is 2.